The van der Waals surface area contributed by atoms with Gasteiger partial charge in [-0.2, -0.15) is 0 Å². The lowest BCUT2D eigenvalue weighted by atomic mass is 9.98. The summed E-state index contributed by atoms with van der Waals surface area (Å²) in [5, 5.41) is 0. The summed E-state index contributed by atoms with van der Waals surface area (Å²) in [5.74, 6) is 2.27. The third-order valence-corrected chi connectivity index (χ3v) is 5.01. The van der Waals surface area contributed by atoms with Crippen LogP contribution in [0.4, 0.5) is 0 Å². The Kier molecular flexibility index (Phi) is 5.41. The Bertz CT molecular complexity index is 517. The molecular weight excluding hydrogens is 292 g/mol. The molecule has 2 atom stereocenters. The smallest absolute Gasteiger partial charge is 0.166 e. The number of ether oxygens (including phenoxy) is 3. The maximum absolute atomic E-state index is 6.38. The van der Waals surface area contributed by atoms with Gasteiger partial charge in [0, 0.05) is 31.0 Å². The summed E-state index contributed by atoms with van der Waals surface area (Å²) in [4.78, 5) is 2.38. The van der Waals surface area contributed by atoms with E-state index in [0.29, 0.717) is 12.0 Å². The van der Waals surface area contributed by atoms with Gasteiger partial charge in [-0.1, -0.05) is 12.1 Å². The van der Waals surface area contributed by atoms with Gasteiger partial charge in [0.25, 0.3) is 0 Å². The molecule has 0 spiro atoms. The molecule has 0 amide bonds. The molecule has 128 valence electrons. The van der Waals surface area contributed by atoms with Crippen LogP contribution in [0.25, 0.3) is 0 Å². The van der Waals surface area contributed by atoms with Gasteiger partial charge < -0.3 is 19.9 Å². The summed E-state index contributed by atoms with van der Waals surface area (Å²) in [5.41, 5.74) is 7.10. The van der Waals surface area contributed by atoms with E-state index in [4.69, 9.17) is 19.9 Å². The number of hydrogen-bond donors (Lipinski definition) is 1. The van der Waals surface area contributed by atoms with Gasteiger partial charge in [-0.15, -0.1) is 0 Å². The number of methoxy groups -OCH3 is 1. The first-order chi connectivity index (χ1) is 11.2. The van der Waals surface area contributed by atoms with Crippen molar-refractivity contribution in [1.29, 1.82) is 0 Å². The zero-order chi connectivity index (χ0) is 16.2. The molecule has 0 bridgehead atoms. The van der Waals surface area contributed by atoms with Gasteiger partial charge >= 0.3 is 0 Å². The molecule has 2 N–H and O–H groups in total. The van der Waals surface area contributed by atoms with Crippen molar-refractivity contribution < 1.29 is 14.2 Å². The molecule has 2 unspecified atom stereocenters. The molecule has 5 heteroatoms. The second-order valence-electron chi connectivity index (χ2n) is 6.60. The largest absolute Gasteiger partial charge is 0.493 e. The first-order valence-corrected chi connectivity index (χ1v) is 8.54. The van der Waals surface area contributed by atoms with Crippen molar-refractivity contribution in [3.05, 3.63) is 23.8 Å². The molecule has 23 heavy (non-hydrogen) atoms. The van der Waals surface area contributed by atoms with Crippen molar-refractivity contribution in [3.63, 3.8) is 0 Å². The topological polar surface area (TPSA) is 57.0 Å². The van der Waals surface area contributed by atoms with Crippen LogP contribution in [-0.4, -0.2) is 51.5 Å². The van der Waals surface area contributed by atoms with Gasteiger partial charge in [0.15, 0.2) is 11.5 Å². The van der Waals surface area contributed by atoms with Crippen molar-refractivity contribution in [2.75, 3.05) is 40.5 Å². The summed E-state index contributed by atoms with van der Waals surface area (Å²) >= 11 is 0. The molecule has 0 aromatic heterocycles. The lowest BCUT2D eigenvalue weighted by molar-refractivity contribution is 0.0237. The van der Waals surface area contributed by atoms with Crippen molar-refractivity contribution in [2.45, 2.75) is 31.4 Å². The normalized spacial score (nSPS) is 26.4. The molecule has 1 aromatic carbocycles. The Morgan fingerprint density at radius 1 is 1.30 bits per heavy atom. The SMILES string of the molecule is COc1cccc(C2CC(CN)CN2C)c1OC1CCOCC1. The highest BCUT2D eigenvalue weighted by Gasteiger charge is 2.33. The van der Waals surface area contributed by atoms with Crippen molar-refractivity contribution in [3.8, 4) is 11.5 Å². The summed E-state index contributed by atoms with van der Waals surface area (Å²) < 4.78 is 17.4. The van der Waals surface area contributed by atoms with Crippen LogP contribution in [0.2, 0.25) is 0 Å². The maximum Gasteiger partial charge on any atom is 0.166 e. The highest BCUT2D eigenvalue weighted by molar-refractivity contribution is 5.48. The van der Waals surface area contributed by atoms with Crippen molar-refractivity contribution >= 4 is 0 Å². The lowest BCUT2D eigenvalue weighted by Gasteiger charge is -2.28. The van der Waals surface area contributed by atoms with Gasteiger partial charge in [-0.05, 0) is 32.0 Å². The maximum atomic E-state index is 6.38. The molecular formula is C18H28N2O3. The van der Waals surface area contributed by atoms with Gasteiger partial charge in [-0.25, -0.2) is 0 Å². The number of hydrogen-bond acceptors (Lipinski definition) is 5. The fraction of sp³-hybridized carbons (Fsp3) is 0.667. The second-order valence-corrected chi connectivity index (χ2v) is 6.60. The fourth-order valence-corrected chi connectivity index (χ4v) is 3.68. The zero-order valence-electron chi connectivity index (χ0n) is 14.2. The summed E-state index contributed by atoms with van der Waals surface area (Å²) in [7, 11) is 3.87. The number of nitrogens with two attached hydrogens (primary N) is 1. The predicted octanol–water partition coefficient (Wildman–Crippen LogP) is 2.20. The van der Waals surface area contributed by atoms with Crippen LogP contribution >= 0.6 is 0 Å². The molecule has 0 radical (unpaired) electrons. The molecule has 3 rings (SSSR count). The fourth-order valence-electron chi connectivity index (χ4n) is 3.68. The number of nitrogens with zero attached hydrogens (tertiary/aromatic N) is 1. The van der Waals surface area contributed by atoms with Crippen LogP contribution in [-0.2, 0) is 4.74 Å². The van der Waals surface area contributed by atoms with Crippen LogP contribution in [0.5, 0.6) is 11.5 Å². The van der Waals surface area contributed by atoms with E-state index in [2.05, 4.69) is 24.1 Å². The van der Waals surface area contributed by atoms with Crippen LogP contribution < -0.4 is 15.2 Å². The predicted molar refractivity (Wildman–Crippen MR) is 90.0 cm³/mol. The molecule has 2 fully saturated rings. The average molecular weight is 320 g/mol. The first kappa shape index (κ1) is 16.6. The highest BCUT2D eigenvalue weighted by Crippen LogP contribution is 2.43. The van der Waals surface area contributed by atoms with Crippen LogP contribution in [0, 0.1) is 5.92 Å². The third-order valence-electron chi connectivity index (χ3n) is 5.01. The van der Waals surface area contributed by atoms with Crippen LogP contribution in [0.15, 0.2) is 18.2 Å². The Hall–Kier alpha value is -1.30. The minimum atomic E-state index is 0.204. The Labute approximate surface area is 138 Å². The van der Waals surface area contributed by atoms with Crippen molar-refractivity contribution in [2.24, 2.45) is 11.7 Å². The number of likely N-dealkylation sites (tertiary alicyclic amines) is 1. The molecule has 2 aliphatic rings. The standard InChI is InChI=1S/C18H28N2O3/c1-20-12-13(11-19)10-16(20)15-4-3-5-17(21-2)18(15)23-14-6-8-22-9-7-14/h3-5,13-14,16H,6-12,19H2,1-2H3. The quantitative estimate of drug-likeness (QED) is 0.901. The highest BCUT2D eigenvalue weighted by atomic mass is 16.5. The van der Waals surface area contributed by atoms with Crippen molar-refractivity contribution in [1.82, 2.24) is 4.90 Å². The number of benzene rings is 1. The van der Waals surface area contributed by atoms with E-state index >= 15 is 0 Å². The molecule has 2 saturated heterocycles. The summed E-state index contributed by atoms with van der Waals surface area (Å²) in [6.07, 6.45) is 3.15. The molecule has 2 heterocycles. The van der Waals surface area contributed by atoms with Crippen LogP contribution in [0.3, 0.4) is 0 Å². The molecule has 0 aliphatic carbocycles. The van der Waals surface area contributed by atoms with E-state index in [-0.39, 0.29) is 6.10 Å². The monoisotopic (exact) mass is 320 g/mol. The van der Waals surface area contributed by atoms with E-state index in [1.54, 1.807) is 7.11 Å². The van der Waals surface area contributed by atoms with E-state index in [0.717, 1.165) is 57.1 Å². The van der Waals surface area contributed by atoms with Gasteiger partial charge in [-0.3, -0.25) is 4.90 Å². The van der Waals surface area contributed by atoms with E-state index in [9.17, 15) is 0 Å². The molecule has 0 saturated carbocycles. The van der Waals surface area contributed by atoms with E-state index in [1.807, 2.05) is 6.07 Å². The minimum Gasteiger partial charge on any atom is -0.493 e. The Morgan fingerprint density at radius 3 is 2.74 bits per heavy atom. The van der Waals surface area contributed by atoms with Gasteiger partial charge in [0.05, 0.1) is 20.3 Å². The molecule has 5 nitrogen and oxygen atoms in total. The zero-order valence-corrected chi connectivity index (χ0v) is 14.2. The Balaban J connectivity index is 1.87. The first-order valence-electron chi connectivity index (χ1n) is 8.54. The Morgan fingerprint density at radius 2 is 2.09 bits per heavy atom. The van der Waals surface area contributed by atoms with Gasteiger partial charge in [0.1, 0.15) is 6.10 Å². The average Bonchev–Trinajstić information content (AvgIpc) is 2.97. The molecule has 1 aromatic rings. The van der Waals surface area contributed by atoms with Crippen LogP contribution in [0.1, 0.15) is 30.9 Å². The number of rotatable bonds is 5. The van der Waals surface area contributed by atoms with Gasteiger partial charge in [0.2, 0.25) is 0 Å². The molecule has 2 aliphatic heterocycles. The lowest BCUT2D eigenvalue weighted by Crippen LogP contribution is -2.27. The van der Waals surface area contributed by atoms with E-state index in [1.165, 1.54) is 5.56 Å². The van der Waals surface area contributed by atoms with E-state index < -0.39 is 0 Å². The second kappa shape index (κ2) is 7.51. The summed E-state index contributed by atoms with van der Waals surface area (Å²) in [6, 6.07) is 6.54. The minimum absolute atomic E-state index is 0.204. The number of para-hydroxylation sites is 1. The third kappa shape index (κ3) is 3.62. The summed E-state index contributed by atoms with van der Waals surface area (Å²) in [6.45, 7) is 3.32.